The number of anilines is 1. The third-order valence-corrected chi connectivity index (χ3v) is 2.92. The molecule has 1 heterocycles. The first-order valence-electron chi connectivity index (χ1n) is 6.48. The largest absolute Gasteiger partial charge is 0.397 e. The minimum atomic E-state index is 0.527. The molecule has 0 aliphatic carbocycles. The van der Waals surface area contributed by atoms with Crippen molar-refractivity contribution in [1.82, 2.24) is 4.57 Å². The smallest absolute Gasteiger partial charge is 0.122 e. The van der Waals surface area contributed by atoms with Gasteiger partial charge in [-0.05, 0) is 24.8 Å². The summed E-state index contributed by atoms with van der Waals surface area (Å²) in [5.41, 5.74) is 8.62. The molecule has 0 aliphatic heterocycles. The lowest BCUT2D eigenvalue weighted by Gasteiger charge is -2.13. The molecule has 17 heavy (non-hydrogen) atoms. The molecule has 94 valence electrons. The molecule has 0 saturated heterocycles. The van der Waals surface area contributed by atoms with E-state index in [9.17, 15) is 0 Å². The van der Waals surface area contributed by atoms with E-state index in [0.29, 0.717) is 11.6 Å². The quantitative estimate of drug-likeness (QED) is 0.766. The summed E-state index contributed by atoms with van der Waals surface area (Å²) >= 11 is 0. The van der Waals surface area contributed by atoms with Gasteiger partial charge >= 0.3 is 0 Å². The van der Waals surface area contributed by atoms with E-state index in [4.69, 9.17) is 11.0 Å². The molecule has 0 amide bonds. The van der Waals surface area contributed by atoms with Crippen LogP contribution in [0.1, 0.15) is 51.4 Å². The molecule has 1 aromatic heterocycles. The van der Waals surface area contributed by atoms with Crippen molar-refractivity contribution in [2.45, 2.75) is 53.0 Å². The maximum atomic E-state index is 9.11. The van der Waals surface area contributed by atoms with Gasteiger partial charge < -0.3 is 10.3 Å². The Morgan fingerprint density at radius 3 is 2.65 bits per heavy atom. The molecule has 1 rings (SSSR count). The third kappa shape index (κ3) is 3.52. The monoisotopic (exact) mass is 233 g/mol. The number of nitrogen functional groups attached to an aromatic ring is 1. The second-order valence-corrected chi connectivity index (χ2v) is 5.00. The van der Waals surface area contributed by atoms with E-state index >= 15 is 0 Å². The van der Waals surface area contributed by atoms with E-state index in [1.165, 1.54) is 12.8 Å². The van der Waals surface area contributed by atoms with Gasteiger partial charge in [-0.25, -0.2) is 0 Å². The highest BCUT2D eigenvalue weighted by Gasteiger charge is 2.13. The number of nitriles is 1. The van der Waals surface area contributed by atoms with Crippen LogP contribution >= 0.6 is 0 Å². The lowest BCUT2D eigenvalue weighted by Crippen LogP contribution is -2.11. The fraction of sp³-hybridized carbons (Fsp3) is 0.643. The van der Waals surface area contributed by atoms with E-state index < -0.39 is 0 Å². The second kappa shape index (κ2) is 6.34. The van der Waals surface area contributed by atoms with Crippen molar-refractivity contribution in [3.63, 3.8) is 0 Å². The molecule has 0 spiro atoms. The highest BCUT2D eigenvalue weighted by atomic mass is 15.0. The molecular weight excluding hydrogens is 210 g/mol. The number of hydrogen-bond donors (Lipinski definition) is 1. The van der Waals surface area contributed by atoms with Crippen molar-refractivity contribution in [2.24, 2.45) is 5.92 Å². The second-order valence-electron chi connectivity index (χ2n) is 5.00. The van der Waals surface area contributed by atoms with Crippen LogP contribution in [0.3, 0.4) is 0 Å². The van der Waals surface area contributed by atoms with Gasteiger partial charge in [-0.1, -0.05) is 33.6 Å². The van der Waals surface area contributed by atoms with E-state index in [0.717, 1.165) is 30.8 Å². The summed E-state index contributed by atoms with van der Waals surface area (Å²) in [5.74, 6) is 0.527. The molecule has 2 N–H and O–H groups in total. The molecule has 0 aromatic carbocycles. The number of unbranched alkanes of at least 4 members (excludes halogenated alkanes) is 2. The van der Waals surface area contributed by atoms with Gasteiger partial charge in [0.2, 0.25) is 0 Å². The summed E-state index contributed by atoms with van der Waals surface area (Å²) in [4.78, 5) is 0. The summed E-state index contributed by atoms with van der Waals surface area (Å²) in [6, 6.07) is 4.04. The minimum absolute atomic E-state index is 0.527. The Labute approximate surface area is 104 Å². The molecule has 3 nitrogen and oxygen atoms in total. The molecular formula is C14H23N3. The predicted octanol–water partition coefficient (Wildman–Crippen LogP) is 3.33. The molecule has 0 radical (unpaired) electrons. The van der Waals surface area contributed by atoms with Crippen molar-refractivity contribution in [2.75, 3.05) is 5.73 Å². The van der Waals surface area contributed by atoms with Gasteiger partial charge in [0.15, 0.2) is 0 Å². The van der Waals surface area contributed by atoms with Gasteiger partial charge in [-0.15, -0.1) is 0 Å². The zero-order valence-corrected chi connectivity index (χ0v) is 11.2. The summed E-state index contributed by atoms with van der Waals surface area (Å²) in [7, 11) is 0. The van der Waals surface area contributed by atoms with Crippen molar-refractivity contribution in [3.8, 4) is 6.07 Å². The molecule has 3 heteroatoms. The zero-order chi connectivity index (χ0) is 12.8. The minimum Gasteiger partial charge on any atom is -0.397 e. The lowest BCUT2D eigenvalue weighted by molar-refractivity contribution is 0.504. The first-order valence-corrected chi connectivity index (χ1v) is 6.48. The molecule has 1 aromatic rings. The highest BCUT2D eigenvalue weighted by molar-refractivity contribution is 5.50. The van der Waals surface area contributed by atoms with Gasteiger partial charge in [0.25, 0.3) is 0 Å². The zero-order valence-electron chi connectivity index (χ0n) is 11.2. The maximum Gasteiger partial charge on any atom is 0.122 e. The van der Waals surface area contributed by atoms with Crippen LogP contribution < -0.4 is 5.73 Å². The van der Waals surface area contributed by atoms with Crippen LogP contribution in [-0.4, -0.2) is 4.57 Å². The van der Waals surface area contributed by atoms with Crippen molar-refractivity contribution >= 4 is 5.69 Å². The number of nitrogens with zero attached hydrogens (tertiary/aromatic N) is 2. The number of hydrogen-bond acceptors (Lipinski definition) is 2. The first kappa shape index (κ1) is 13.6. The molecule has 0 atom stereocenters. The van der Waals surface area contributed by atoms with Gasteiger partial charge in [0, 0.05) is 12.2 Å². The normalized spacial score (nSPS) is 10.8. The molecule has 0 unspecified atom stereocenters. The molecule has 0 bridgehead atoms. The lowest BCUT2D eigenvalue weighted by atomic mass is 10.1. The summed E-state index contributed by atoms with van der Waals surface area (Å²) in [6.07, 6.45) is 4.55. The number of aromatic nitrogens is 1. The summed E-state index contributed by atoms with van der Waals surface area (Å²) < 4.78 is 2.09. The highest BCUT2D eigenvalue weighted by Crippen LogP contribution is 2.22. The van der Waals surface area contributed by atoms with Crippen molar-refractivity contribution in [1.29, 1.82) is 5.26 Å². The summed E-state index contributed by atoms with van der Waals surface area (Å²) in [6.45, 7) is 7.39. The van der Waals surface area contributed by atoms with E-state index in [2.05, 4.69) is 31.4 Å². The van der Waals surface area contributed by atoms with E-state index in [1.54, 1.807) is 0 Å². The number of rotatable bonds is 6. The topological polar surface area (TPSA) is 54.7 Å². The van der Waals surface area contributed by atoms with Crippen LogP contribution in [0, 0.1) is 17.2 Å². The fourth-order valence-corrected chi connectivity index (χ4v) is 2.10. The SMILES string of the molecule is CCCCCc1c(N)cc(C#N)n1CC(C)C. The molecule has 0 fully saturated rings. The fourth-order valence-electron chi connectivity index (χ4n) is 2.10. The van der Waals surface area contributed by atoms with Gasteiger partial charge in [-0.3, -0.25) is 0 Å². The van der Waals surface area contributed by atoms with E-state index in [1.807, 2.05) is 6.07 Å². The Kier molecular flexibility index (Phi) is 5.09. The Morgan fingerprint density at radius 1 is 1.41 bits per heavy atom. The van der Waals surface area contributed by atoms with Crippen LogP contribution in [0.15, 0.2) is 6.07 Å². The first-order chi connectivity index (χ1) is 8.10. The third-order valence-electron chi connectivity index (χ3n) is 2.92. The average Bonchev–Trinajstić information content (AvgIpc) is 2.56. The predicted molar refractivity (Wildman–Crippen MR) is 71.6 cm³/mol. The number of nitrogens with two attached hydrogens (primary N) is 1. The van der Waals surface area contributed by atoms with Crippen LogP contribution in [0.25, 0.3) is 0 Å². The van der Waals surface area contributed by atoms with Crippen LogP contribution in [0.5, 0.6) is 0 Å². The molecule has 0 aliphatic rings. The Hall–Kier alpha value is -1.43. The Morgan fingerprint density at radius 2 is 2.12 bits per heavy atom. The van der Waals surface area contributed by atoms with E-state index in [-0.39, 0.29) is 0 Å². The van der Waals surface area contributed by atoms with Crippen LogP contribution in [-0.2, 0) is 13.0 Å². The van der Waals surface area contributed by atoms with Crippen LogP contribution in [0.4, 0.5) is 5.69 Å². The molecule has 0 saturated carbocycles. The van der Waals surface area contributed by atoms with Gasteiger partial charge in [0.05, 0.1) is 5.69 Å². The van der Waals surface area contributed by atoms with Gasteiger partial charge in [-0.2, -0.15) is 5.26 Å². The Balaban J connectivity index is 2.92. The maximum absolute atomic E-state index is 9.11. The van der Waals surface area contributed by atoms with Crippen molar-refractivity contribution in [3.05, 3.63) is 17.5 Å². The summed E-state index contributed by atoms with van der Waals surface area (Å²) in [5, 5.41) is 9.11. The Bertz CT molecular complexity index is 396. The van der Waals surface area contributed by atoms with Gasteiger partial charge in [0.1, 0.15) is 11.8 Å². The van der Waals surface area contributed by atoms with Crippen LogP contribution in [0.2, 0.25) is 0 Å². The average molecular weight is 233 g/mol. The standard InChI is InChI=1S/C14H23N3/c1-4-5-6-7-14-13(16)8-12(9-15)17(14)10-11(2)3/h8,11H,4-7,10,16H2,1-3H3. The van der Waals surface area contributed by atoms with Crippen molar-refractivity contribution < 1.29 is 0 Å².